The van der Waals surface area contributed by atoms with Gasteiger partial charge in [0, 0.05) is 13.2 Å². The Hall–Kier alpha value is -1.16. The van der Waals surface area contributed by atoms with Crippen LogP contribution in [-0.2, 0) is 7.05 Å². The van der Waals surface area contributed by atoms with Crippen LogP contribution in [0.3, 0.4) is 0 Å². The largest absolute Gasteiger partial charge is 0.321 e. The van der Waals surface area contributed by atoms with Gasteiger partial charge in [0.2, 0.25) is 0 Å². The van der Waals surface area contributed by atoms with Crippen LogP contribution >= 0.6 is 0 Å². The van der Waals surface area contributed by atoms with Crippen LogP contribution in [-0.4, -0.2) is 21.6 Å². The minimum Gasteiger partial charge on any atom is -0.321 e. The van der Waals surface area contributed by atoms with Gasteiger partial charge >= 0.3 is 0 Å². The van der Waals surface area contributed by atoms with Crippen molar-refractivity contribution in [3.8, 4) is 0 Å². The molecule has 0 bridgehead atoms. The Labute approximate surface area is 90.5 Å². The van der Waals surface area contributed by atoms with Gasteiger partial charge in [0.25, 0.3) is 0 Å². The lowest BCUT2D eigenvalue weighted by Gasteiger charge is -2.25. The molecule has 1 atom stereocenters. The summed E-state index contributed by atoms with van der Waals surface area (Å²) >= 11 is 0. The number of aromatic nitrogens is 2. The molecule has 1 unspecified atom stereocenters. The molecule has 1 aromatic rings. The zero-order chi connectivity index (χ0) is 11.8. The van der Waals surface area contributed by atoms with Crippen LogP contribution in [0.15, 0.2) is 6.20 Å². The third-order valence-electron chi connectivity index (χ3n) is 2.49. The van der Waals surface area contributed by atoms with E-state index in [1.54, 1.807) is 17.9 Å². The Morgan fingerprint density at radius 3 is 2.40 bits per heavy atom. The van der Waals surface area contributed by atoms with Crippen LogP contribution in [0.25, 0.3) is 0 Å². The van der Waals surface area contributed by atoms with Gasteiger partial charge in [-0.1, -0.05) is 20.8 Å². The SMILES string of the molecule is Cc1nn(C)cc1C(=O)C(N)C(C)(C)C. The Kier molecular flexibility index (Phi) is 3.00. The maximum Gasteiger partial charge on any atom is 0.183 e. The van der Waals surface area contributed by atoms with E-state index in [-0.39, 0.29) is 11.2 Å². The molecule has 15 heavy (non-hydrogen) atoms. The number of hydrogen-bond donors (Lipinski definition) is 1. The Bertz CT molecular complexity index is 374. The average Bonchev–Trinajstić information content (AvgIpc) is 2.41. The summed E-state index contributed by atoms with van der Waals surface area (Å²) in [6.07, 6.45) is 1.73. The lowest BCUT2D eigenvalue weighted by Crippen LogP contribution is -2.42. The molecule has 1 aromatic heterocycles. The zero-order valence-electron chi connectivity index (χ0n) is 10.0. The number of aryl methyl sites for hydroxylation is 2. The molecule has 0 aliphatic carbocycles. The molecule has 0 aliphatic rings. The summed E-state index contributed by atoms with van der Waals surface area (Å²) in [5, 5.41) is 4.14. The van der Waals surface area contributed by atoms with Crippen molar-refractivity contribution < 1.29 is 4.79 Å². The van der Waals surface area contributed by atoms with E-state index in [2.05, 4.69) is 5.10 Å². The van der Waals surface area contributed by atoms with Crippen molar-refractivity contribution >= 4 is 5.78 Å². The molecule has 0 spiro atoms. The summed E-state index contributed by atoms with van der Waals surface area (Å²) in [6.45, 7) is 7.70. The van der Waals surface area contributed by atoms with Crippen molar-refractivity contribution in [2.45, 2.75) is 33.7 Å². The molecule has 0 aliphatic heterocycles. The number of rotatable bonds is 2. The number of Topliss-reactive ketones (excluding diaryl/α,β-unsaturated/α-hetero) is 1. The van der Waals surface area contributed by atoms with Gasteiger partial charge in [-0.25, -0.2) is 0 Å². The molecule has 0 fully saturated rings. The number of hydrogen-bond acceptors (Lipinski definition) is 3. The Morgan fingerprint density at radius 2 is 2.07 bits per heavy atom. The maximum absolute atomic E-state index is 12.0. The standard InChI is InChI=1S/C11H19N3O/c1-7-8(6-14(5)13-7)9(15)10(12)11(2,3)4/h6,10H,12H2,1-5H3. The molecule has 1 heterocycles. The van der Waals surface area contributed by atoms with Crippen molar-refractivity contribution in [3.63, 3.8) is 0 Å². The quantitative estimate of drug-likeness (QED) is 0.746. The van der Waals surface area contributed by atoms with Gasteiger partial charge in [-0.05, 0) is 12.3 Å². The van der Waals surface area contributed by atoms with E-state index in [0.29, 0.717) is 5.56 Å². The lowest BCUT2D eigenvalue weighted by atomic mass is 9.83. The second-order valence-corrected chi connectivity index (χ2v) is 5.01. The van der Waals surface area contributed by atoms with Crippen molar-refractivity contribution in [2.24, 2.45) is 18.2 Å². The zero-order valence-corrected chi connectivity index (χ0v) is 10.0. The average molecular weight is 209 g/mol. The minimum atomic E-state index is -0.486. The third-order valence-corrected chi connectivity index (χ3v) is 2.49. The van der Waals surface area contributed by atoms with Gasteiger partial charge in [-0.2, -0.15) is 5.10 Å². The van der Waals surface area contributed by atoms with Gasteiger partial charge in [0.05, 0.1) is 17.3 Å². The molecule has 2 N–H and O–H groups in total. The molecule has 84 valence electrons. The first-order valence-corrected chi connectivity index (χ1v) is 5.03. The number of nitrogens with two attached hydrogens (primary N) is 1. The smallest absolute Gasteiger partial charge is 0.183 e. The van der Waals surface area contributed by atoms with Gasteiger partial charge < -0.3 is 5.73 Å². The second kappa shape index (κ2) is 3.77. The first kappa shape index (κ1) is 11.9. The van der Waals surface area contributed by atoms with Crippen molar-refractivity contribution in [1.29, 1.82) is 0 Å². The van der Waals surface area contributed by atoms with Gasteiger partial charge in [0.15, 0.2) is 5.78 Å². The minimum absolute atomic E-state index is 0.0342. The van der Waals surface area contributed by atoms with Crippen LogP contribution in [0.1, 0.15) is 36.8 Å². The summed E-state index contributed by atoms with van der Waals surface area (Å²) < 4.78 is 1.64. The van der Waals surface area contributed by atoms with E-state index >= 15 is 0 Å². The van der Waals surface area contributed by atoms with Crippen LogP contribution in [0.2, 0.25) is 0 Å². The summed E-state index contributed by atoms with van der Waals surface area (Å²) in [5.74, 6) is -0.0342. The fourth-order valence-corrected chi connectivity index (χ4v) is 1.40. The van der Waals surface area contributed by atoms with Gasteiger partial charge in [0.1, 0.15) is 0 Å². The summed E-state index contributed by atoms with van der Waals surface area (Å²) in [6, 6.07) is -0.486. The normalized spacial score (nSPS) is 14.0. The van der Waals surface area contributed by atoms with Crippen LogP contribution < -0.4 is 5.73 Å². The molecule has 0 radical (unpaired) electrons. The van der Waals surface area contributed by atoms with Crippen molar-refractivity contribution in [1.82, 2.24) is 9.78 Å². The molecule has 0 saturated heterocycles. The molecular formula is C11H19N3O. The predicted octanol–water partition coefficient (Wildman–Crippen LogP) is 1.28. The molecule has 0 amide bonds. The summed E-state index contributed by atoms with van der Waals surface area (Å²) in [7, 11) is 1.80. The number of ketones is 1. The van der Waals surface area contributed by atoms with E-state index in [0.717, 1.165) is 5.69 Å². The van der Waals surface area contributed by atoms with Crippen molar-refractivity contribution in [3.05, 3.63) is 17.5 Å². The Balaban J connectivity index is 3.00. The van der Waals surface area contributed by atoms with Gasteiger partial charge in [-0.3, -0.25) is 9.48 Å². The highest BCUT2D eigenvalue weighted by molar-refractivity contribution is 6.01. The lowest BCUT2D eigenvalue weighted by molar-refractivity contribution is 0.0900. The van der Waals surface area contributed by atoms with E-state index in [9.17, 15) is 4.79 Å². The van der Waals surface area contributed by atoms with E-state index in [4.69, 9.17) is 5.73 Å². The van der Waals surface area contributed by atoms with Gasteiger partial charge in [-0.15, -0.1) is 0 Å². The number of carbonyl (C=O) groups is 1. The number of nitrogens with zero attached hydrogens (tertiary/aromatic N) is 2. The molecule has 4 heteroatoms. The highest BCUT2D eigenvalue weighted by Crippen LogP contribution is 2.21. The maximum atomic E-state index is 12.0. The molecule has 0 aromatic carbocycles. The fraction of sp³-hybridized carbons (Fsp3) is 0.636. The highest BCUT2D eigenvalue weighted by atomic mass is 16.1. The van der Waals surface area contributed by atoms with Crippen LogP contribution in [0, 0.1) is 12.3 Å². The fourth-order valence-electron chi connectivity index (χ4n) is 1.40. The van der Waals surface area contributed by atoms with Crippen LogP contribution in [0.5, 0.6) is 0 Å². The molecule has 4 nitrogen and oxygen atoms in total. The molecular weight excluding hydrogens is 190 g/mol. The highest BCUT2D eigenvalue weighted by Gasteiger charge is 2.29. The molecule has 1 rings (SSSR count). The van der Waals surface area contributed by atoms with E-state index < -0.39 is 6.04 Å². The topological polar surface area (TPSA) is 60.9 Å². The predicted molar refractivity (Wildman–Crippen MR) is 59.7 cm³/mol. The Morgan fingerprint density at radius 1 is 1.53 bits per heavy atom. The second-order valence-electron chi connectivity index (χ2n) is 5.01. The number of carbonyl (C=O) groups excluding carboxylic acids is 1. The monoisotopic (exact) mass is 209 g/mol. The summed E-state index contributed by atoms with van der Waals surface area (Å²) in [4.78, 5) is 12.0. The first-order valence-electron chi connectivity index (χ1n) is 5.03. The first-order chi connectivity index (χ1) is 6.73. The molecule has 0 saturated carbocycles. The van der Waals surface area contributed by atoms with Crippen molar-refractivity contribution in [2.75, 3.05) is 0 Å². The van der Waals surface area contributed by atoms with Crippen LogP contribution in [0.4, 0.5) is 0 Å². The van der Waals surface area contributed by atoms with E-state index in [1.807, 2.05) is 27.7 Å². The third kappa shape index (κ3) is 2.45. The summed E-state index contributed by atoms with van der Waals surface area (Å²) in [5.41, 5.74) is 7.06. The van der Waals surface area contributed by atoms with E-state index in [1.165, 1.54) is 0 Å².